The summed E-state index contributed by atoms with van der Waals surface area (Å²) in [7, 11) is 1.74. The molecule has 7 nitrogen and oxygen atoms in total. The molecular formula is C23H30N4O3S. The van der Waals surface area contributed by atoms with Gasteiger partial charge in [-0.05, 0) is 36.6 Å². The first kappa shape index (κ1) is 21.8. The standard InChI is InChI=1S/C23H30N4O3S/c1-16-7-8-20(30-16)18(27-9-11-29-12-10-27)14-25-23(24-2)26-15-19(28)22-13-17-5-3-4-6-21(17)31-22/h3-8,13,18-19,28H,9-12,14-15H2,1-2H3,(H2,24,25,26). The second-order valence-electron chi connectivity index (χ2n) is 7.65. The van der Waals surface area contributed by atoms with Gasteiger partial charge in [0.1, 0.15) is 17.6 Å². The molecule has 31 heavy (non-hydrogen) atoms. The van der Waals surface area contributed by atoms with E-state index in [1.165, 1.54) is 4.70 Å². The van der Waals surface area contributed by atoms with E-state index >= 15 is 0 Å². The van der Waals surface area contributed by atoms with E-state index in [-0.39, 0.29) is 6.04 Å². The number of thiophene rings is 1. The second-order valence-corrected chi connectivity index (χ2v) is 8.76. The average Bonchev–Trinajstić information content (AvgIpc) is 3.43. The Morgan fingerprint density at radius 1 is 1.16 bits per heavy atom. The van der Waals surface area contributed by atoms with E-state index < -0.39 is 6.10 Å². The SMILES string of the molecule is CN=C(NCC(O)c1cc2ccccc2s1)NCC(c1ccc(C)o1)N1CCOCC1. The van der Waals surface area contributed by atoms with Crippen molar-refractivity contribution < 1.29 is 14.3 Å². The maximum Gasteiger partial charge on any atom is 0.191 e. The molecule has 1 fully saturated rings. The first-order valence-corrected chi connectivity index (χ1v) is 11.4. The van der Waals surface area contributed by atoms with Crippen molar-refractivity contribution in [2.45, 2.75) is 19.1 Å². The molecule has 2 aromatic heterocycles. The van der Waals surface area contributed by atoms with Crippen LogP contribution in [0.4, 0.5) is 0 Å². The molecule has 1 saturated heterocycles. The van der Waals surface area contributed by atoms with Crippen LogP contribution in [0.3, 0.4) is 0 Å². The number of aliphatic hydroxyl groups excluding tert-OH is 1. The van der Waals surface area contributed by atoms with Gasteiger partial charge in [0.05, 0.1) is 19.3 Å². The molecule has 0 amide bonds. The number of guanidine groups is 1. The number of morpholine rings is 1. The quantitative estimate of drug-likeness (QED) is 0.385. The van der Waals surface area contributed by atoms with Crippen LogP contribution in [-0.4, -0.2) is 62.4 Å². The van der Waals surface area contributed by atoms with Crippen LogP contribution >= 0.6 is 11.3 Å². The summed E-state index contributed by atoms with van der Waals surface area (Å²) in [5.74, 6) is 2.50. The maximum atomic E-state index is 10.7. The van der Waals surface area contributed by atoms with Gasteiger partial charge >= 0.3 is 0 Å². The lowest BCUT2D eigenvalue weighted by Gasteiger charge is -2.33. The highest BCUT2D eigenvalue weighted by Gasteiger charge is 2.25. The molecule has 1 aromatic carbocycles. The molecule has 3 N–H and O–H groups in total. The third-order valence-electron chi connectivity index (χ3n) is 5.50. The number of ether oxygens (including phenoxy) is 1. The Balaban J connectivity index is 1.35. The van der Waals surface area contributed by atoms with Gasteiger partial charge in [0.15, 0.2) is 5.96 Å². The monoisotopic (exact) mass is 442 g/mol. The number of fused-ring (bicyclic) bond motifs is 1. The Hall–Kier alpha value is -2.39. The molecule has 2 atom stereocenters. The molecule has 0 saturated carbocycles. The van der Waals surface area contributed by atoms with E-state index in [0.29, 0.717) is 19.0 Å². The summed E-state index contributed by atoms with van der Waals surface area (Å²) in [4.78, 5) is 7.64. The normalized spacial score (nSPS) is 17.6. The topological polar surface area (TPSA) is 82.3 Å². The molecule has 0 aliphatic carbocycles. The Kier molecular flexibility index (Phi) is 7.24. The zero-order valence-electron chi connectivity index (χ0n) is 18.0. The molecular weight excluding hydrogens is 412 g/mol. The number of hydrogen-bond acceptors (Lipinski definition) is 6. The molecule has 0 bridgehead atoms. The maximum absolute atomic E-state index is 10.7. The van der Waals surface area contributed by atoms with Crippen molar-refractivity contribution in [3.8, 4) is 0 Å². The van der Waals surface area contributed by atoms with Crippen LogP contribution in [-0.2, 0) is 4.74 Å². The third kappa shape index (κ3) is 5.46. The molecule has 1 aliphatic heterocycles. The van der Waals surface area contributed by atoms with E-state index in [1.54, 1.807) is 18.4 Å². The number of furan rings is 1. The zero-order valence-corrected chi connectivity index (χ0v) is 18.8. The van der Waals surface area contributed by atoms with Crippen molar-refractivity contribution in [1.29, 1.82) is 0 Å². The number of nitrogens with zero attached hydrogens (tertiary/aromatic N) is 2. The van der Waals surface area contributed by atoms with Gasteiger partial charge < -0.3 is 24.9 Å². The average molecular weight is 443 g/mol. The molecule has 0 radical (unpaired) electrons. The highest BCUT2D eigenvalue weighted by Crippen LogP contribution is 2.29. The predicted octanol–water partition coefficient (Wildman–Crippen LogP) is 3.07. The van der Waals surface area contributed by atoms with Crippen LogP contribution in [0.25, 0.3) is 10.1 Å². The molecule has 3 heterocycles. The van der Waals surface area contributed by atoms with Crippen molar-refractivity contribution in [1.82, 2.24) is 15.5 Å². The summed E-state index contributed by atoms with van der Waals surface area (Å²) in [5.41, 5.74) is 0. The number of rotatable bonds is 7. The van der Waals surface area contributed by atoms with Gasteiger partial charge in [-0.25, -0.2) is 0 Å². The van der Waals surface area contributed by atoms with Crippen molar-refractivity contribution >= 4 is 27.4 Å². The van der Waals surface area contributed by atoms with E-state index in [4.69, 9.17) is 9.15 Å². The van der Waals surface area contributed by atoms with Crippen LogP contribution in [0, 0.1) is 6.92 Å². The smallest absolute Gasteiger partial charge is 0.191 e. The molecule has 166 valence electrons. The molecule has 8 heteroatoms. The van der Waals surface area contributed by atoms with Crippen molar-refractivity contribution in [3.05, 3.63) is 58.9 Å². The number of benzene rings is 1. The zero-order chi connectivity index (χ0) is 21.6. The van der Waals surface area contributed by atoms with Crippen LogP contribution in [0.1, 0.15) is 28.5 Å². The minimum atomic E-state index is -0.598. The van der Waals surface area contributed by atoms with Crippen molar-refractivity contribution in [3.63, 3.8) is 0 Å². The minimum absolute atomic E-state index is 0.0867. The van der Waals surface area contributed by atoms with E-state index in [2.05, 4.69) is 38.7 Å². The lowest BCUT2D eigenvalue weighted by Crippen LogP contribution is -2.46. The van der Waals surface area contributed by atoms with E-state index in [1.807, 2.05) is 31.2 Å². The van der Waals surface area contributed by atoms with Gasteiger partial charge in [-0.1, -0.05) is 18.2 Å². The van der Waals surface area contributed by atoms with Gasteiger partial charge in [-0.3, -0.25) is 9.89 Å². The predicted molar refractivity (Wildman–Crippen MR) is 125 cm³/mol. The summed E-state index contributed by atoms with van der Waals surface area (Å²) in [6.45, 7) is 6.17. The number of aryl methyl sites for hydroxylation is 1. The number of aliphatic hydroxyl groups is 1. The second kappa shape index (κ2) is 10.3. The Labute approximate surface area is 186 Å². The fourth-order valence-electron chi connectivity index (χ4n) is 3.81. The summed E-state index contributed by atoms with van der Waals surface area (Å²) in [5, 5.41) is 18.5. The van der Waals surface area contributed by atoms with Gasteiger partial charge in [0.25, 0.3) is 0 Å². The van der Waals surface area contributed by atoms with Gasteiger partial charge in [-0.15, -0.1) is 11.3 Å². The van der Waals surface area contributed by atoms with Gasteiger partial charge in [0, 0.05) is 42.8 Å². The van der Waals surface area contributed by atoms with Crippen LogP contribution in [0.2, 0.25) is 0 Å². The van der Waals surface area contributed by atoms with E-state index in [9.17, 15) is 5.11 Å². The summed E-state index contributed by atoms with van der Waals surface area (Å²) in [6.07, 6.45) is -0.598. The van der Waals surface area contributed by atoms with Crippen molar-refractivity contribution in [2.24, 2.45) is 4.99 Å². The molecule has 0 spiro atoms. The minimum Gasteiger partial charge on any atom is -0.465 e. The van der Waals surface area contributed by atoms with Crippen LogP contribution in [0.15, 0.2) is 51.9 Å². The molecule has 4 rings (SSSR count). The summed E-state index contributed by atoms with van der Waals surface area (Å²) >= 11 is 1.62. The Morgan fingerprint density at radius 3 is 2.65 bits per heavy atom. The molecule has 1 aliphatic rings. The Morgan fingerprint density at radius 2 is 1.94 bits per heavy atom. The molecule has 3 aromatic rings. The van der Waals surface area contributed by atoms with Gasteiger partial charge in [-0.2, -0.15) is 0 Å². The van der Waals surface area contributed by atoms with Crippen LogP contribution < -0.4 is 10.6 Å². The largest absolute Gasteiger partial charge is 0.465 e. The number of hydrogen-bond donors (Lipinski definition) is 3. The van der Waals surface area contributed by atoms with E-state index in [0.717, 1.165) is 48.1 Å². The number of nitrogens with one attached hydrogen (secondary N) is 2. The fraction of sp³-hybridized carbons (Fsp3) is 0.435. The first-order chi connectivity index (χ1) is 15.1. The van der Waals surface area contributed by atoms with Crippen molar-refractivity contribution in [2.75, 3.05) is 46.4 Å². The lowest BCUT2D eigenvalue weighted by atomic mass is 10.1. The first-order valence-electron chi connectivity index (χ1n) is 10.6. The third-order valence-corrected chi connectivity index (χ3v) is 6.72. The summed E-state index contributed by atoms with van der Waals surface area (Å²) in [6, 6.07) is 14.4. The van der Waals surface area contributed by atoms with Gasteiger partial charge in [0.2, 0.25) is 0 Å². The highest BCUT2D eigenvalue weighted by atomic mass is 32.1. The van der Waals surface area contributed by atoms with Crippen LogP contribution in [0.5, 0.6) is 0 Å². The lowest BCUT2D eigenvalue weighted by molar-refractivity contribution is 0.0124. The highest BCUT2D eigenvalue weighted by molar-refractivity contribution is 7.19. The summed E-state index contributed by atoms with van der Waals surface area (Å²) < 4.78 is 12.6. The fourth-order valence-corrected chi connectivity index (χ4v) is 4.86. The number of aliphatic imine (C=N–C) groups is 1. The molecule has 2 unspecified atom stereocenters. The Bertz CT molecular complexity index is 976.